The number of carbonyl (C=O) groups excluding carboxylic acids is 1. The van der Waals surface area contributed by atoms with E-state index in [1.807, 2.05) is 0 Å². The Morgan fingerprint density at radius 3 is 2.53 bits per heavy atom. The van der Waals surface area contributed by atoms with Gasteiger partial charge in [0.05, 0.1) is 6.10 Å². The largest absolute Gasteiger partial charge is 0.389 e. The number of hydrogen-bond donors (Lipinski definition) is 3. The summed E-state index contributed by atoms with van der Waals surface area (Å²) in [5.74, 6) is -0.619. The highest BCUT2D eigenvalue weighted by molar-refractivity contribution is 9.09. The van der Waals surface area contributed by atoms with Crippen molar-refractivity contribution >= 4 is 21.8 Å². The van der Waals surface area contributed by atoms with Crippen LogP contribution in [0.3, 0.4) is 0 Å². The van der Waals surface area contributed by atoms with Gasteiger partial charge in [0.25, 0.3) is 0 Å². The first-order valence-electron chi connectivity index (χ1n) is 4.38. The highest BCUT2D eigenvalue weighted by Crippen LogP contribution is 2.21. The fourth-order valence-corrected chi connectivity index (χ4v) is 1.63. The molecule has 0 saturated carbocycles. The third kappa shape index (κ3) is 2.77. The number of nitrogens with two attached hydrogens (primary N) is 1. The fourth-order valence-electron chi connectivity index (χ4n) is 1.27. The molecule has 0 aromatic heterocycles. The molecule has 1 amide bonds. The van der Waals surface area contributed by atoms with Gasteiger partial charge in [-0.3, -0.25) is 4.79 Å². The van der Waals surface area contributed by atoms with Crippen LogP contribution in [0.25, 0.3) is 0 Å². The van der Waals surface area contributed by atoms with Gasteiger partial charge in [-0.2, -0.15) is 0 Å². The van der Waals surface area contributed by atoms with Gasteiger partial charge in [0.1, 0.15) is 6.10 Å². The molecule has 1 aromatic rings. The van der Waals surface area contributed by atoms with Crippen LogP contribution < -0.4 is 5.73 Å². The Morgan fingerprint density at radius 1 is 1.40 bits per heavy atom. The molecule has 1 aromatic carbocycles. The molecule has 4 nitrogen and oxygen atoms in total. The first kappa shape index (κ1) is 12.2. The van der Waals surface area contributed by atoms with Crippen LogP contribution in [0.4, 0.5) is 0 Å². The molecule has 0 aliphatic rings. The number of rotatable bonds is 4. The van der Waals surface area contributed by atoms with Crippen molar-refractivity contribution in [2.45, 2.75) is 12.2 Å². The van der Waals surface area contributed by atoms with Gasteiger partial charge in [0.15, 0.2) is 0 Å². The van der Waals surface area contributed by atoms with Crippen LogP contribution in [0.15, 0.2) is 24.3 Å². The van der Waals surface area contributed by atoms with Gasteiger partial charge >= 0.3 is 0 Å². The number of aliphatic hydroxyl groups is 2. The molecule has 5 heteroatoms. The lowest BCUT2D eigenvalue weighted by Crippen LogP contribution is -2.23. The van der Waals surface area contributed by atoms with Gasteiger partial charge in [0, 0.05) is 10.9 Å². The molecule has 82 valence electrons. The highest BCUT2D eigenvalue weighted by atomic mass is 79.9. The van der Waals surface area contributed by atoms with Crippen molar-refractivity contribution in [3.63, 3.8) is 0 Å². The normalized spacial score (nSPS) is 14.6. The lowest BCUT2D eigenvalue weighted by atomic mass is 9.99. The number of amides is 1. The summed E-state index contributed by atoms with van der Waals surface area (Å²) < 4.78 is 0. The lowest BCUT2D eigenvalue weighted by Gasteiger charge is -2.17. The Morgan fingerprint density at radius 2 is 2.00 bits per heavy atom. The molecule has 0 aliphatic heterocycles. The first-order valence-corrected chi connectivity index (χ1v) is 5.51. The van der Waals surface area contributed by atoms with Crippen molar-refractivity contribution in [2.75, 3.05) is 5.33 Å². The summed E-state index contributed by atoms with van der Waals surface area (Å²) in [4.78, 5) is 11.1. The van der Waals surface area contributed by atoms with E-state index >= 15 is 0 Å². The Bertz CT molecular complexity index is 356. The second-order valence-corrected chi connectivity index (χ2v) is 3.77. The summed E-state index contributed by atoms with van der Waals surface area (Å²) >= 11 is 3.05. The van der Waals surface area contributed by atoms with Crippen molar-refractivity contribution in [1.82, 2.24) is 0 Å². The van der Waals surface area contributed by atoms with E-state index in [4.69, 9.17) is 5.73 Å². The summed E-state index contributed by atoms with van der Waals surface area (Å²) in [7, 11) is 0. The molecule has 0 spiro atoms. The SMILES string of the molecule is NC(=O)c1ccccc1C(O)C(O)CBr. The average Bonchev–Trinajstić information content (AvgIpc) is 2.27. The lowest BCUT2D eigenvalue weighted by molar-refractivity contribution is 0.0336. The summed E-state index contributed by atoms with van der Waals surface area (Å²) in [5, 5.41) is 19.4. The Labute approximate surface area is 95.8 Å². The van der Waals surface area contributed by atoms with Gasteiger partial charge in [-0.15, -0.1) is 0 Å². The highest BCUT2D eigenvalue weighted by Gasteiger charge is 2.21. The summed E-state index contributed by atoms with van der Waals surface area (Å²) in [5.41, 5.74) is 5.72. The quantitative estimate of drug-likeness (QED) is 0.702. The Kier molecular flexibility index (Phi) is 4.26. The van der Waals surface area contributed by atoms with Crippen molar-refractivity contribution in [1.29, 1.82) is 0 Å². The van der Waals surface area contributed by atoms with Crippen LogP contribution in [0, 0.1) is 0 Å². The van der Waals surface area contributed by atoms with Gasteiger partial charge in [0.2, 0.25) is 5.91 Å². The fraction of sp³-hybridized carbons (Fsp3) is 0.300. The van der Waals surface area contributed by atoms with E-state index in [1.165, 1.54) is 6.07 Å². The standard InChI is InChI=1S/C10H12BrNO3/c11-5-8(13)9(14)6-3-1-2-4-7(6)10(12)15/h1-4,8-9,13-14H,5H2,(H2,12,15). The van der Waals surface area contributed by atoms with E-state index in [0.717, 1.165) is 0 Å². The van der Waals surface area contributed by atoms with Crippen LogP contribution in [0.1, 0.15) is 22.0 Å². The minimum absolute atomic E-state index is 0.223. The van der Waals surface area contributed by atoms with E-state index in [1.54, 1.807) is 18.2 Å². The van der Waals surface area contributed by atoms with Crippen molar-refractivity contribution in [3.8, 4) is 0 Å². The van der Waals surface area contributed by atoms with Gasteiger partial charge in [-0.05, 0) is 11.6 Å². The maximum Gasteiger partial charge on any atom is 0.249 e. The number of hydrogen-bond acceptors (Lipinski definition) is 3. The molecule has 4 N–H and O–H groups in total. The smallest absolute Gasteiger partial charge is 0.249 e. The predicted molar refractivity (Wildman–Crippen MR) is 59.7 cm³/mol. The topological polar surface area (TPSA) is 83.6 Å². The predicted octanol–water partition coefficient (Wildman–Crippen LogP) is 0.575. The zero-order valence-corrected chi connectivity index (χ0v) is 9.52. The number of primary amides is 1. The van der Waals surface area contributed by atoms with E-state index in [2.05, 4.69) is 15.9 Å². The molecule has 15 heavy (non-hydrogen) atoms. The van der Waals surface area contributed by atoms with Crippen LogP contribution in [-0.2, 0) is 0 Å². The summed E-state index contributed by atoms with van der Waals surface area (Å²) in [6.45, 7) is 0. The molecular weight excluding hydrogens is 262 g/mol. The van der Waals surface area contributed by atoms with Crippen LogP contribution >= 0.6 is 15.9 Å². The van der Waals surface area contributed by atoms with Crippen LogP contribution in [-0.4, -0.2) is 27.6 Å². The van der Waals surface area contributed by atoms with Crippen molar-refractivity contribution in [2.24, 2.45) is 5.73 Å². The summed E-state index contributed by atoms with van der Waals surface area (Å²) in [6, 6.07) is 6.40. The molecule has 2 atom stereocenters. The van der Waals surface area contributed by atoms with Gasteiger partial charge in [-0.1, -0.05) is 34.1 Å². The molecule has 2 unspecified atom stereocenters. The number of carbonyl (C=O) groups is 1. The van der Waals surface area contributed by atoms with Gasteiger partial charge in [-0.25, -0.2) is 0 Å². The molecule has 0 saturated heterocycles. The van der Waals surface area contributed by atoms with Crippen molar-refractivity contribution < 1.29 is 15.0 Å². The first-order chi connectivity index (χ1) is 7.07. The van der Waals surface area contributed by atoms with Gasteiger partial charge < -0.3 is 15.9 Å². The maximum absolute atomic E-state index is 11.1. The second-order valence-electron chi connectivity index (χ2n) is 3.12. The van der Waals surface area contributed by atoms with E-state index < -0.39 is 18.1 Å². The third-order valence-electron chi connectivity index (χ3n) is 2.07. The van der Waals surface area contributed by atoms with E-state index in [0.29, 0.717) is 5.56 Å². The van der Waals surface area contributed by atoms with Crippen LogP contribution in [0.2, 0.25) is 0 Å². The average molecular weight is 274 g/mol. The number of halogens is 1. The van der Waals surface area contributed by atoms with E-state index in [-0.39, 0.29) is 10.9 Å². The Hall–Kier alpha value is -0.910. The summed E-state index contributed by atoms with van der Waals surface area (Å²) in [6.07, 6.45) is -2.08. The third-order valence-corrected chi connectivity index (χ3v) is 2.73. The zero-order chi connectivity index (χ0) is 11.4. The molecule has 0 radical (unpaired) electrons. The zero-order valence-electron chi connectivity index (χ0n) is 7.93. The van der Waals surface area contributed by atoms with Crippen LogP contribution in [0.5, 0.6) is 0 Å². The monoisotopic (exact) mass is 273 g/mol. The van der Waals surface area contributed by atoms with Crippen molar-refractivity contribution in [3.05, 3.63) is 35.4 Å². The minimum Gasteiger partial charge on any atom is -0.389 e. The number of benzene rings is 1. The second kappa shape index (κ2) is 5.25. The molecular formula is C10H12BrNO3. The number of alkyl halides is 1. The van der Waals surface area contributed by atoms with E-state index in [9.17, 15) is 15.0 Å². The molecule has 0 heterocycles. The molecule has 0 bridgehead atoms. The molecule has 1 rings (SSSR count). The number of aliphatic hydroxyl groups excluding tert-OH is 2. The molecule has 0 aliphatic carbocycles. The Balaban J connectivity index is 3.07. The molecule has 0 fully saturated rings. The minimum atomic E-state index is -1.12. The maximum atomic E-state index is 11.1.